The summed E-state index contributed by atoms with van der Waals surface area (Å²) in [6, 6.07) is 7.65. The van der Waals surface area contributed by atoms with Crippen LogP contribution in [0.25, 0.3) is 0 Å². The van der Waals surface area contributed by atoms with Gasteiger partial charge in [-0.05, 0) is 49.5 Å². The number of nitrogens with one attached hydrogen (secondary N) is 2. The van der Waals surface area contributed by atoms with Gasteiger partial charge in [-0.2, -0.15) is 0 Å². The first-order chi connectivity index (χ1) is 8.99. The molecule has 0 spiro atoms. The van der Waals surface area contributed by atoms with Crippen molar-refractivity contribution in [2.75, 3.05) is 17.8 Å². The predicted molar refractivity (Wildman–Crippen MR) is 79.0 cm³/mol. The molecule has 0 radical (unpaired) electrons. The molecule has 1 aliphatic rings. The normalized spacial score (nSPS) is 17.6. The van der Waals surface area contributed by atoms with E-state index < -0.39 is 10.0 Å². The topological polar surface area (TPSA) is 58.2 Å². The fourth-order valence-corrected chi connectivity index (χ4v) is 3.79. The summed E-state index contributed by atoms with van der Waals surface area (Å²) in [6.07, 6.45) is 1.36. The number of rotatable bonds is 4. The van der Waals surface area contributed by atoms with Crippen molar-refractivity contribution in [3.8, 4) is 0 Å². The highest BCUT2D eigenvalue weighted by Crippen LogP contribution is 2.21. The van der Waals surface area contributed by atoms with Crippen LogP contribution in [0.3, 0.4) is 0 Å². The number of piperidine rings is 1. The van der Waals surface area contributed by atoms with Gasteiger partial charge in [0.15, 0.2) is 0 Å². The van der Waals surface area contributed by atoms with Crippen LogP contribution in [0.5, 0.6) is 0 Å². The van der Waals surface area contributed by atoms with Gasteiger partial charge < -0.3 is 5.32 Å². The Morgan fingerprint density at radius 2 is 1.95 bits per heavy atom. The van der Waals surface area contributed by atoms with Crippen LogP contribution in [-0.2, 0) is 10.0 Å². The van der Waals surface area contributed by atoms with Gasteiger partial charge in [0, 0.05) is 5.69 Å². The van der Waals surface area contributed by atoms with Crippen molar-refractivity contribution in [3.63, 3.8) is 0 Å². The smallest absolute Gasteiger partial charge is 0.235 e. The minimum Gasteiger partial charge on any atom is -0.317 e. The van der Waals surface area contributed by atoms with Crippen LogP contribution in [-0.4, -0.2) is 26.8 Å². The van der Waals surface area contributed by atoms with Crippen LogP contribution in [0.15, 0.2) is 24.3 Å². The van der Waals surface area contributed by atoms with Crippen molar-refractivity contribution in [1.29, 1.82) is 0 Å². The molecule has 2 N–H and O–H groups in total. The summed E-state index contributed by atoms with van der Waals surface area (Å²) in [5.41, 5.74) is 1.82. The van der Waals surface area contributed by atoms with Gasteiger partial charge in [0.05, 0.1) is 5.25 Å². The Morgan fingerprint density at radius 1 is 1.26 bits per heavy atom. The molecular weight excluding hydrogens is 260 g/mol. The first kappa shape index (κ1) is 14.3. The molecule has 4 nitrogen and oxygen atoms in total. The quantitative estimate of drug-likeness (QED) is 0.891. The molecule has 5 heteroatoms. The number of hydrogen-bond donors (Lipinski definition) is 2. The molecular formula is C14H22N2O2S. The lowest BCUT2D eigenvalue weighted by Crippen LogP contribution is -2.38. The average Bonchev–Trinajstić information content (AvgIpc) is 2.39. The lowest BCUT2D eigenvalue weighted by atomic mass is 10.0. The fraction of sp³-hybridized carbons (Fsp3) is 0.571. The molecule has 0 amide bonds. The minimum atomic E-state index is -3.27. The van der Waals surface area contributed by atoms with Gasteiger partial charge in [-0.1, -0.05) is 26.0 Å². The van der Waals surface area contributed by atoms with E-state index in [1.807, 2.05) is 24.3 Å². The zero-order chi connectivity index (χ0) is 13.9. The van der Waals surface area contributed by atoms with E-state index in [9.17, 15) is 8.42 Å². The molecule has 1 aromatic rings. The maximum Gasteiger partial charge on any atom is 0.235 e. The summed E-state index contributed by atoms with van der Waals surface area (Å²) >= 11 is 0. The van der Waals surface area contributed by atoms with Gasteiger partial charge in [-0.25, -0.2) is 8.42 Å². The van der Waals surface area contributed by atoms with Crippen molar-refractivity contribution in [3.05, 3.63) is 29.8 Å². The van der Waals surface area contributed by atoms with Crippen LogP contribution >= 0.6 is 0 Å². The highest BCUT2D eigenvalue weighted by atomic mass is 32.2. The highest BCUT2D eigenvalue weighted by molar-refractivity contribution is 7.93. The Balaban J connectivity index is 2.13. The Kier molecular flexibility index (Phi) is 4.47. The van der Waals surface area contributed by atoms with Gasteiger partial charge in [0.25, 0.3) is 0 Å². The molecule has 1 saturated heterocycles. The first-order valence-electron chi connectivity index (χ1n) is 6.81. The third-order valence-corrected chi connectivity index (χ3v) is 5.41. The summed E-state index contributed by atoms with van der Waals surface area (Å²) in [4.78, 5) is 0. The van der Waals surface area contributed by atoms with Crippen molar-refractivity contribution in [1.82, 2.24) is 5.32 Å². The van der Waals surface area contributed by atoms with Gasteiger partial charge in [-0.3, -0.25) is 4.72 Å². The second kappa shape index (κ2) is 5.92. The molecule has 0 saturated carbocycles. The van der Waals surface area contributed by atoms with E-state index in [2.05, 4.69) is 23.9 Å². The highest BCUT2D eigenvalue weighted by Gasteiger charge is 2.27. The van der Waals surface area contributed by atoms with Crippen molar-refractivity contribution >= 4 is 15.7 Å². The molecule has 0 aromatic heterocycles. The van der Waals surface area contributed by atoms with E-state index in [0.717, 1.165) is 18.7 Å². The molecule has 1 heterocycles. The van der Waals surface area contributed by atoms with E-state index in [-0.39, 0.29) is 5.25 Å². The molecule has 19 heavy (non-hydrogen) atoms. The van der Waals surface area contributed by atoms with Crippen LogP contribution < -0.4 is 10.0 Å². The largest absolute Gasteiger partial charge is 0.317 e. The summed E-state index contributed by atoms with van der Waals surface area (Å²) < 4.78 is 27.3. The number of sulfonamides is 1. The minimum absolute atomic E-state index is 0.281. The van der Waals surface area contributed by atoms with E-state index in [4.69, 9.17) is 0 Å². The average molecular weight is 282 g/mol. The second-order valence-electron chi connectivity index (χ2n) is 5.38. The van der Waals surface area contributed by atoms with E-state index in [1.54, 1.807) is 0 Å². The van der Waals surface area contributed by atoms with Gasteiger partial charge in [-0.15, -0.1) is 0 Å². The van der Waals surface area contributed by atoms with Crippen LogP contribution in [0.1, 0.15) is 38.2 Å². The van der Waals surface area contributed by atoms with Gasteiger partial charge in [0.2, 0.25) is 10.0 Å². The van der Waals surface area contributed by atoms with Crippen LogP contribution in [0, 0.1) is 0 Å². The molecule has 1 fully saturated rings. The Labute approximate surface area is 115 Å². The zero-order valence-electron chi connectivity index (χ0n) is 11.5. The van der Waals surface area contributed by atoms with Crippen molar-refractivity contribution < 1.29 is 8.42 Å². The van der Waals surface area contributed by atoms with E-state index >= 15 is 0 Å². The van der Waals surface area contributed by atoms with E-state index in [0.29, 0.717) is 24.4 Å². The van der Waals surface area contributed by atoms with Gasteiger partial charge >= 0.3 is 0 Å². The third kappa shape index (κ3) is 3.70. The summed E-state index contributed by atoms with van der Waals surface area (Å²) in [5, 5.41) is 2.90. The third-order valence-electron chi connectivity index (χ3n) is 3.54. The second-order valence-corrected chi connectivity index (χ2v) is 7.34. The molecule has 106 valence electrons. The Bertz CT molecular complexity index is 520. The monoisotopic (exact) mass is 282 g/mol. The molecule has 1 aromatic carbocycles. The van der Waals surface area contributed by atoms with Crippen molar-refractivity contribution in [2.45, 2.75) is 37.9 Å². The van der Waals surface area contributed by atoms with Gasteiger partial charge in [0.1, 0.15) is 0 Å². The number of hydrogen-bond acceptors (Lipinski definition) is 3. The Morgan fingerprint density at radius 3 is 2.58 bits per heavy atom. The lowest BCUT2D eigenvalue weighted by molar-refractivity contribution is 0.499. The van der Waals surface area contributed by atoms with Crippen LogP contribution in [0.4, 0.5) is 5.69 Å². The standard InChI is InChI=1S/C14H22N2O2S/c1-11(2)12-4-3-5-13(10-12)16-19(17,18)14-6-8-15-9-7-14/h3-5,10-11,14-16H,6-9H2,1-2H3. The maximum absolute atomic E-state index is 12.3. The molecule has 0 bridgehead atoms. The number of benzene rings is 1. The Hall–Kier alpha value is -1.07. The summed E-state index contributed by atoms with van der Waals surface area (Å²) in [7, 11) is -3.27. The first-order valence-corrected chi connectivity index (χ1v) is 8.36. The molecule has 2 rings (SSSR count). The molecule has 0 unspecified atom stereocenters. The molecule has 0 atom stereocenters. The molecule has 0 aliphatic carbocycles. The van der Waals surface area contributed by atoms with E-state index in [1.165, 1.54) is 0 Å². The summed E-state index contributed by atoms with van der Waals surface area (Å²) in [6.45, 7) is 5.75. The molecule has 1 aliphatic heterocycles. The summed E-state index contributed by atoms with van der Waals surface area (Å²) in [5.74, 6) is 0.392. The van der Waals surface area contributed by atoms with Crippen molar-refractivity contribution in [2.24, 2.45) is 0 Å². The van der Waals surface area contributed by atoms with Crippen LogP contribution in [0.2, 0.25) is 0 Å². The zero-order valence-corrected chi connectivity index (χ0v) is 12.3. The lowest BCUT2D eigenvalue weighted by Gasteiger charge is -2.23. The number of anilines is 1. The predicted octanol–water partition coefficient (Wildman–Crippen LogP) is 2.30. The SMILES string of the molecule is CC(C)c1cccc(NS(=O)(=O)C2CCNCC2)c1. The fourth-order valence-electron chi connectivity index (χ4n) is 2.31. The maximum atomic E-state index is 12.3.